The van der Waals surface area contributed by atoms with E-state index in [9.17, 15) is 13.2 Å². The Labute approximate surface area is 140 Å². The van der Waals surface area contributed by atoms with Gasteiger partial charge in [0.2, 0.25) is 5.91 Å². The first kappa shape index (κ1) is 17.4. The van der Waals surface area contributed by atoms with Crippen LogP contribution in [0.5, 0.6) is 0 Å². The zero-order chi connectivity index (χ0) is 16.9. The van der Waals surface area contributed by atoms with E-state index in [4.69, 9.17) is 11.6 Å². The molecule has 0 aliphatic heterocycles. The molecule has 0 saturated carbocycles. The van der Waals surface area contributed by atoms with Gasteiger partial charge in [-0.2, -0.15) is 0 Å². The first-order chi connectivity index (χ1) is 10.9. The Balaban J connectivity index is 2.39. The molecule has 1 amide bonds. The zero-order valence-corrected chi connectivity index (χ0v) is 14.1. The number of rotatable bonds is 6. The molecule has 122 valence electrons. The van der Waals surface area contributed by atoms with Gasteiger partial charge < -0.3 is 5.32 Å². The minimum absolute atomic E-state index is 0.0106. The summed E-state index contributed by atoms with van der Waals surface area (Å²) in [6, 6.07) is 9.33. The predicted octanol–water partition coefficient (Wildman–Crippen LogP) is 2.78. The first-order valence-electron chi connectivity index (χ1n) is 7.11. The number of hydrogen-bond donors (Lipinski definition) is 1. The molecule has 0 saturated heterocycles. The molecule has 0 aliphatic rings. The summed E-state index contributed by atoms with van der Waals surface area (Å²) in [5.41, 5.74) is 0.527. The molecule has 0 fully saturated rings. The zero-order valence-electron chi connectivity index (χ0n) is 12.6. The lowest BCUT2D eigenvalue weighted by atomic mass is 10.2. The summed E-state index contributed by atoms with van der Waals surface area (Å²) in [5.74, 6) is -0.204. The molecule has 0 aliphatic carbocycles. The molecule has 1 N–H and O–H groups in total. The van der Waals surface area contributed by atoms with Crippen molar-refractivity contribution >= 4 is 27.3 Å². The maximum atomic E-state index is 12.9. The van der Waals surface area contributed by atoms with E-state index in [-0.39, 0.29) is 17.3 Å². The number of nitrogens with one attached hydrogen (secondary N) is 1. The Bertz CT molecular complexity index is 762. The van der Waals surface area contributed by atoms with Crippen molar-refractivity contribution in [2.75, 3.05) is 6.54 Å². The number of sulfone groups is 1. The number of amides is 1. The fourth-order valence-electron chi connectivity index (χ4n) is 2.09. The highest BCUT2D eigenvalue weighted by molar-refractivity contribution is 7.91. The van der Waals surface area contributed by atoms with Gasteiger partial charge >= 0.3 is 0 Å². The summed E-state index contributed by atoms with van der Waals surface area (Å²) in [5, 5.41) is 2.20. The van der Waals surface area contributed by atoms with Crippen LogP contribution in [0.25, 0.3) is 0 Å². The van der Waals surface area contributed by atoms with Gasteiger partial charge in [-0.1, -0.05) is 24.6 Å². The van der Waals surface area contributed by atoms with Crippen LogP contribution in [0.3, 0.4) is 0 Å². The van der Waals surface area contributed by atoms with Crippen molar-refractivity contribution in [2.24, 2.45) is 0 Å². The average molecular weight is 353 g/mol. The van der Waals surface area contributed by atoms with E-state index < -0.39 is 15.1 Å². The first-order valence-corrected chi connectivity index (χ1v) is 9.03. The van der Waals surface area contributed by atoms with Gasteiger partial charge in [0.15, 0.2) is 9.84 Å². The van der Waals surface area contributed by atoms with Crippen LogP contribution in [0.15, 0.2) is 53.7 Å². The molecular weight excluding hydrogens is 336 g/mol. The number of aromatic nitrogens is 1. The summed E-state index contributed by atoms with van der Waals surface area (Å²) in [7, 11) is -3.69. The lowest BCUT2D eigenvalue weighted by molar-refractivity contribution is -0.120. The highest BCUT2D eigenvalue weighted by atomic mass is 35.5. The number of carbonyl (C=O) groups is 1. The molecule has 0 unspecified atom stereocenters. The molecule has 0 spiro atoms. The van der Waals surface area contributed by atoms with E-state index in [2.05, 4.69) is 10.3 Å². The fourth-order valence-corrected chi connectivity index (χ4v) is 3.86. The second-order valence-corrected chi connectivity index (χ2v) is 7.50. The van der Waals surface area contributed by atoms with Crippen LogP contribution in [0.2, 0.25) is 5.02 Å². The van der Waals surface area contributed by atoms with Crippen molar-refractivity contribution in [3.63, 3.8) is 0 Å². The molecule has 1 aromatic carbocycles. The minimum Gasteiger partial charge on any atom is -0.354 e. The Hall–Kier alpha value is -1.92. The van der Waals surface area contributed by atoms with E-state index >= 15 is 0 Å². The van der Waals surface area contributed by atoms with Gasteiger partial charge in [0.25, 0.3) is 0 Å². The number of hydrogen-bond acceptors (Lipinski definition) is 4. The SMILES string of the molecule is CCC(=O)NC[C@H](c1cccnc1)S(=O)(=O)c1ccc(Cl)cc1. The summed E-state index contributed by atoms with van der Waals surface area (Å²) in [6.45, 7) is 1.70. The molecule has 1 aromatic heterocycles. The monoisotopic (exact) mass is 352 g/mol. The quantitative estimate of drug-likeness (QED) is 0.867. The summed E-state index contributed by atoms with van der Waals surface area (Å²) >= 11 is 5.82. The van der Waals surface area contributed by atoms with Gasteiger partial charge in [0.1, 0.15) is 5.25 Å². The number of pyridine rings is 1. The molecule has 0 bridgehead atoms. The normalized spacial score (nSPS) is 12.6. The Morgan fingerprint density at radius 2 is 1.96 bits per heavy atom. The maximum absolute atomic E-state index is 12.9. The number of nitrogens with zero attached hydrogens (tertiary/aromatic N) is 1. The average Bonchev–Trinajstić information content (AvgIpc) is 2.56. The molecule has 1 atom stereocenters. The number of halogens is 1. The second kappa shape index (κ2) is 7.57. The van der Waals surface area contributed by atoms with Crippen LogP contribution in [-0.4, -0.2) is 25.9 Å². The maximum Gasteiger partial charge on any atom is 0.219 e. The third kappa shape index (κ3) is 4.30. The predicted molar refractivity (Wildman–Crippen MR) is 88.9 cm³/mol. The van der Waals surface area contributed by atoms with Gasteiger partial charge in [0, 0.05) is 30.4 Å². The van der Waals surface area contributed by atoms with Crippen molar-refractivity contribution < 1.29 is 13.2 Å². The smallest absolute Gasteiger partial charge is 0.219 e. The second-order valence-electron chi connectivity index (χ2n) is 4.93. The van der Waals surface area contributed by atoms with E-state index in [1.807, 2.05) is 0 Å². The molecule has 2 aromatic rings. The summed E-state index contributed by atoms with van der Waals surface area (Å²) in [6.07, 6.45) is 3.36. The van der Waals surface area contributed by atoms with Gasteiger partial charge in [-0.3, -0.25) is 9.78 Å². The van der Waals surface area contributed by atoms with E-state index in [1.54, 1.807) is 25.3 Å². The standard InChI is InChI=1S/C16H17ClN2O3S/c1-2-16(20)19-11-15(12-4-3-9-18-10-12)23(21,22)14-7-5-13(17)6-8-14/h3-10,15H,2,11H2,1H3,(H,19,20)/t15-/m1/s1. The van der Waals surface area contributed by atoms with Crippen LogP contribution in [-0.2, 0) is 14.6 Å². The van der Waals surface area contributed by atoms with Crippen LogP contribution < -0.4 is 5.32 Å². The van der Waals surface area contributed by atoms with E-state index in [1.165, 1.54) is 30.5 Å². The van der Waals surface area contributed by atoms with Crippen molar-refractivity contribution in [1.82, 2.24) is 10.3 Å². The highest BCUT2D eigenvalue weighted by Gasteiger charge is 2.29. The van der Waals surface area contributed by atoms with Crippen LogP contribution in [0.4, 0.5) is 0 Å². The lowest BCUT2D eigenvalue weighted by Crippen LogP contribution is -2.31. The molecule has 1 heterocycles. The van der Waals surface area contributed by atoms with E-state index in [0.717, 1.165) is 0 Å². The lowest BCUT2D eigenvalue weighted by Gasteiger charge is -2.18. The topological polar surface area (TPSA) is 76.1 Å². The molecule has 7 heteroatoms. The van der Waals surface area contributed by atoms with Gasteiger partial charge in [-0.05, 0) is 35.9 Å². The van der Waals surface area contributed by atoms with Crippen LogP contribution in [0, 0.1) is 0 Å². The van der Waals surface area contributed by atoms with Crippen molar-refractivity contribution in [3.8, 4) is 0 Å². The van der Waals surface area contributed by atoms with Crippen molar-refractivity contribution in [3.05, 3.63) is 59.4 Å². The number of benzene rings is 1. The van der Waals surface area contributed by atoms with Gasteiger partial charge in [-0.25, -0.2) is 8.42 Å². The van der Waals surface area contributed by atoms with Crippen molar-refractivity contribution in [1.29, 1.82) is 0 Å². The van der Waals surface area contributed by atoms with Crippen LogP contribution >= 0.6 is 11.6 Å². The summed E-state index contributed by atoms with van der Waals surface area (Å²) in [4.78, 5) is 15.6. The third-order valence-corrected chi connectivity index (χ3v) is 5.75. The van der Waals surface area contributed by atoms with Crippen molar-refractivity contribution in [2.45, 2.75) is 23.5 Å². The molecular formula is C16H17ClN2O3S. The molecule has 23 heavy (non-hydrogen) atoms. The highest BCUT2D eigenvalue weighted by Crippen LogP contribution is 2.28. The molecule has 2 rings (SSSR count). The Morgan fingerprint density at radius 3 is 2.52 bits per heavy atom. The number of carbonyl (C=O) groups excluding carboxylic acids is 1. The Kier molecular flexibility index (Phi) is 5.74. The molecule has 0 radical (unpaired) electrons. The summed E-state index contributed by atoms with van der Waals surface area (Å²) < 4.78 is 25.8. The van der Waals surface area contributed by atoms with Gasteiger partial charge in [0.05, 0.1) is 4.90 Å². The molecule has 5 nitrogen and oxygen atoms in total. The third-order valence-electron chi connectivity index (χ3n) is 3.38. The Morgan fingerprint density at radius 1 is 1.26 bits per heavy atom. The van der Waals surface area contributed by atoms with E-state index in [0.29, 0.717) is 17.0 Å². The van der Waals surface area contributed by atoms with Crippen LogP contribution in [0.1, 0.15) is 24.2 Å². The minimum atomic E-state index is -3.69. The largest absolute Gasteiger partial charge is 0.354 e. The van der Waals surface area contributed by atoms with Gasteiger partial charge in [-0.15, -0.1) is 0 Å². The fraction of sp³-hybridized carbons (Fsp3) is 0.250.